The monoisotopic (exact) mass is 283 g/mol. The van der Waals surface area contributed by atoms with Gasteiger partial charge in [0.05, 0.1) is 5.69 Å². The van der Waals surface area contributed by atoms with Crippen LogP contribution in [-0.2, 0) is 13.0 Å². The molecule has 2 unspecified atom stereocenters. The van der Waals surface area contributed by atoms with E-state index >= 15 is 0 Å². The molecule has 1 saturated heterocycles. The van der Waals surface area contributed by atoms with Gasteiger partial charge in [-0.3, -0.25) is 0 Å². The van der Waals surface area contributed by atoms with Gasteiger partial charge in [0, 0.05) is 30.5 Å². The van der Waals surface area contributed by atoms with Gasteiger partial charge in [-0.15, -0.1) is 0 Å². The minimum absolute atomic E-state index is 0.396. The lowest BCUT2D eigenvalue weighted by Crippen LogP contribution is -2.28. The van der Waals surface area contributed by atoms with Gasteiger partial charge in [-0.05, 0) is 45.2 Å². The number of imidazole rings is 1. The maximum Gasteiger partial charge on any atom is 0.112 e. The van der Waals surface area contributed by atoms with Crippen molar-refractivity contribution in [2.24, 2.45) is 11.3 Å². The van der Waals surface area contributed by atoms with E-state index in [-0.39, 0.29) is 0 Å². The maximum atomic E-state index is 5.05. The molecule has 4 rings (SSSR count). The zero-order valence-corrected chi connectivity index (χ0v) is 12.9. The molecule has 2 fully saturated rings. The molecule has 2 heterocycles. The zero-order chi connectivity index (χ0) is 14.3. The Morgan fingerprint density at radius 1 is 1.33 bits per heavy atom. The van der Waals surface area contributed by atoms with Gasteiger partial charge in [0.15, 0.2) is 0 Å². The van der Waals surface area contributed by atoms with E-state index in [4.69, 9.17) is 4.98 Å². The van der Waals surface area contributed by atoms with Crippen LogP contribution in [0.15, 0.2) is 30.5 Å². The molecule has 0 radical (unpaired) electrons. The third-order valence-electron chi connectivity index (χ3n) is 5.47. The van der Waals surface area contributed by atoms with Crippen LogP contribution in [-0.4, -0.2) is 22.6 Å². The highest BCUT2D eigenvalue weighted by Crippen LogP contribution is 2.58. The first-order chi connectivity index (χ1) is 10.3. The molecule has 1 aliphatic heterocycles. The van der Waals surface area contributed by atoms with E-state index in [9.17, 15) is 0 Å². The number of nitrogens with zero attached hydrogens (tertiary/aromatic N) is 2. The smallest absolute Gasteiger partial charge is 0.112 e. The Labute approximate surface area is 127 Å². The standard InChI is InChI=1S/C18H25N3/c1-2-21-13-16(12-18-8-4-3-5-15(18)11-18)20-17(21)14-6-9-19-10-7-14/h3-5,8,13-15,19H,2,6-7,9-12H2,1H3. The predicted molar refractivity (Wildman–Crippen MR) is 85.3 cm³/mol. The van der Waals surface area contributed by atoms with Crippen molar-refractivity contribution in [3.63, 3.8) is 0 Å². The largest absolute Gasteiger partial charge is 0.335 e. The van der Waals surface area contributed by atoms with Gasteiger partial charge in [0.1, 0.15) is 5.82 Å². The van der Waals surface area contributed by atoms with Gasteiger partial charge >= 0.3 is 0 Å². The van der Waals surface area contributed by atoms with E-state index in [1.54, 1.807) is 0 Å². The van der Waals surface area contributed by atoms with Crippen molar-refractivity contribution >= 4 is 0 Å². The summed E-state index contributed by atoms with van der Waals surface area (Å²) in [6.07, 6.45) is 16.4. The van der Waals surface area contributed by atoms with Crippen LogP contribution in [0.25, 0.3) is 0 Å². The first-order valence-corrected chi connectivity index (χ1v) is 8.43. The summed E-state index contributed by atoms with van der Waals surface area (Å²) in [5.41, 5.74) is 1.69. The number of aromatic nitrogens is 2. The predicted octanol–water partition coefficient (Wildman–Crippen LogP) is 3.04. The van der Waals surface area contributed by atoms with Crippen molar-refractivity contribution in [2.75, 3.05) is 13.1 Å². The number of hydrogen-bond donors (Lipinski definition) is 1. The van der Waals surface area contributed by atoms with Crippen molar-refractivity contribution < 1.29 is 0 Å². The fourth-order valence-corrected chi connectivity index (χ4v) is 4.08. The van der Waals surface area contributed by atoms with Gasteiger partial charge in [0.2, 0.25) is 0 Å². The Morgan fingerprint density at radius 3 is 2.95 bits per heavy atom. The highest BCUT2D eigenvalue weighted by atomic mass is 15.1. The van der Waals surface area contributed by atoms with E-state index < -0.39 is 0 Å². The molecule has 3 nitrogen and oxygen atoms in total. The zero-order valence-electron chi connectivity index (χ0n) is 12.9. The molecule has 0 bridgehead atoms. The van der Waals surface area contributed by atoms with Crippen LogP contribution >= 0.6 is 0 Å². The lowest BCUT2D eigenvalue weighted by Gasteiger charge is -2.22. The average Bonchev–Trinajstić information content (AvgIpc) is 3.11. The molecule has 0 aromatic carbocycles. The lowest BCUT2D eigenvalue weighted by atomic mass is 9.94. The third kappa shape index (κ3) is 2.38. The van der Waals surface area contributed by atoms with E-state index in [0.29, 0.717) is 11.3 Å². The van der Waals surface area contributed by atoms with Gasteiger partial charge in [-0.2, -0.15) is 0 Å². The molecule has 2 atom stereocenters. The van der Waals surface area contributed by atoms with Crippen LogP contribution in [0.3, 0.4) is 0 Å². The molecule has 21 heavy (non-hydrogen) atoms. The number of aryl methyl sites for hydroxylation is 1. The molecule has 0 spiro atoms. The molecule has 1 N–H and O–H groups in total. The highest BCUT2D eigenvalue weighted by Gasteiger charge is 2.51. The van der Waals surface area contributed by atoms with Crippen LogP contribution < -0.4 is 5.32 Å². The molecular formula is C18H25N3. The number of fused-ring (bicyclic) bond motifs is 1. The van der Waals surface area contributed by atoms with Crippen molar-refractivity contribution in [3.8, 4) is 0 Å². The minimum Gasteiger partial charge on any atom is -0.335 e. The van der Waals surface area contributed by atoms with Crippen LogP contribution in [0.5, 0.6) is 0 Å². The Morgan fingerprint density at radius 2 is 2.19 bits per heavy atom. The van der Waals surface area contributed by atoms with Gasteiger partial charge < -0.3 is 9.88 Å². The summed E-state index contributed by atoms with van der Waals surface area (Å²) in [7, 11) is 0. The second kappa shape index (κ2) is 5.13. The van der Waals surface area contributed by atoms with Crippen LogP contribution in [0.1, 0.15) is 43.6 Å². The third-order valence-corrected chi connectivity index (χ3v) is 5.47. The summed E-state index contributed by atoms with van der Waals surface area (Å²) in [5, 5.41) is 3.45. The van der Waals surface area contributed by atoms with Crippen molar-refractivity contribution in [3.05, 3.63) is 42.0 Å². The van der Waals surface area contributed by atoms with Crippen LogP contribution in [0.4, 0.5) is 0 Å². The second-order valence-corrected chi connectivity index (χ2v) is 6.87. The number of allylic oxidation sites excluding steroid dienone is 4. The molecule has 1 saturated carbocycles. The van der Waals surface area contributed by atoms with Crippen LogP contribution in [0, 0.1) is 11.3 Å². The maximum absolute atomic E-state index is 5.05. The Balaban J connectivity index is 1.55. The molecule has 0 amide bonds. The van der Waals surface area contributed by atoms with Gasteiger partial charge in [-0.1, -0.05) is 24.3 Å². The Bertz CT molecular complexity index is 577. The fourth-order valence-electron chi connectivity index (χ4n) is 4.08. The summed E-state index contributed by atoms with van der Waals surface area (Å²) in [5.74, 6) is 2.74. The summed E-state index contributed by atoms with van der Waals surface area (Å²) >= 11 is 0. The highest BCUT2D eigenvalue weighted by molar-refractivity contribution is 5.31. The first kappa shape index (κ1) is 13.3. The van der Waals surface area contributed by atoms with E-state index in [0.717, 1.165) is 32.0 Å². The Hall–Kier alpha value is -1.35. The molecule has 3 aliphatic rings. The molecule has 1 aromatic rings. The summed E-state index contributed by atoms with van der Waals surface area (Å²) in [4.78, 5) is 5.05. The number of piperidine rings is 1. The SMILES string of the molecule is CCn1cc(CC23C=CC=CC2C3)nc1C1CCNCC1. The minimum atomic E-state index is 0.396. The van der Waals surface area contributed by atoms with Crippen molar-refractivity contribution in [2.45, 2.75) is 45.1 Å². The van der Waals surface area contributed by atoms with E-state index in [1.807, 2.05) is 0 Å². The molecule has 2 aliphatic carbocycles. The number of hydrogen-bond acceptors (Lipinski definition) is 2. The lowest BCUT2D eigenvalue weighted by molar-refractivity contribution is 0.432. The normalized spacial score (nSPS) is 31.4. The summed E-state index contributed by atoms with van der Waals surface area (Å²) < 4.78 is 2.39. The average molecular weight is 283 g/mol. The fraction of sp³-hybridized carbons (Fsp3) is 0.611. The number of rotatable bonds is 4. The number of nitrogens with one attached hydrogen (secondary N) is 1. The quantitative estimate of drug-likeness (QED) is 0.920. The molecule has 1 aromatic heterocycles. The van der Waals surface area contributed by atoms with Gasteiger partial charge in [-0.25, -0.2) is 4.98 Å². The molecule has 112 valence electrons. The topological polar surface area (TPSA) is 29.9 Å². The summed E-state index contributed by atoms with van der Waals surface area (Å²) in [6, 6.07) is 0. The summed E-state index contributed by atoms with van der Waals surface area (Å²) in [6.45, 7) is 5.54. The van der Waals surface area contributed by atoms with Crippen molar-refractivity contribution in [1.82, 2.24) is 14.9 Å². The van der Waals surface area contributed by atoms with E-state index in [1.165, 1.54) is 30.8 Å². The molecular weight excluding hydrogens is 258 g/mol. The van der Waals surface area contributed by atoms with Crippen molar-refractivity contribution in [1.29, 1.82) is 0 Å². The molecule has 3 heteroatoms. The first-order valence-electron chi connectivity index (χ1n) is 8.43. The Kier molecular flexibility index (Phi) is 3.26. The van der Waals surface area contributed by atoms with Gasteiger partial charge in [0.25, 0.3) is 0 Å². The van der Waals surface area contributed by atoms with Crippen LogP contribution in [0.2, 0.25) is 0 Å². The second-order valence-electron chi connectivity index (χ2n) is 6.87. The van der Waals surface area contributed by atoms with E-state index in [2.05, 4.69) is 47.3 Å².